The molecule has 192 valence electrons. The van der Waals surface area contributed by atoms with Crippen molar-refractivity contribution in [2.24, 2.45) is 0 Å². The van der Waals surface area contributed by atoms with Gasteiger partial charge in [0.2, 0.25) is 0 Å². The lowest BCUT2D eigenvalue weighted by atomic mass is 9.95. The molecule has 35 heavy (non-hydrogen) atoms. The topological polar surface area (TPSA) is 54.0 Å². The summed E-state index contributed by atoms with van der Waals surface area (Å²) in [6, 6.07) is 28.6. The van der Waals surface area contributed by atoms with Crippen molar-refractivity contribution in [1.82, 2.24) is 10.2 Å². The summed E-state index contributed by atoms with van der Waals surface area (Å²) in [5.41, 5.74) is 2.31. The average molecular weight is 522 g/mol. The van der Waals surface area contributed by atoms with Crippen LogP contribution in [0, 0.1) is 0 Å². The quantitative estimate of drug-likeness (QED) is 0.336. The number of ether oxygens (including phenoxy) is 2. The van der Waals surface area contributed by atoms with Gasteiger partial charge in [0.05, 0.1) is 13.2 Å². The lowest BCUT2D eigenvalue weighted by molar-refractivity contribution is 0.0935. The van der Waals surface area contributed by atoms with E-state index in [9.17, 15) is 5.11 Å². The van der Waals surface area contributed by atoms with E-state index in [4.69, 9.17) is 9.47 Å². The Kier molecular flexibility index (Phi) is 13.2. The minimum absolute atomic E-state index is 0. The fourth-order valence-electron chi connectivity index (χ4n) is 4.06. The first kappa shape index (κ1) is 30.8. The summed E-state index contributed by atoms with van der Waals surface area (Å²) in [6.07, 6.45) is -0.615. The van der Waals surface area contributed by atoms with E-state index in [0.29, 0.717) is 12.3 Å². The number of β-amino-alcohol motifs (C(OH)–C–C–N with tert-alkyl or cyclic N) is 1. The number of likely N-dealkylation sites (N-methyl/N-ethyl adjacent to an activating group) is 1. The maximum atomic E-state index is 10.4. The Hall–Kier alpha value is -2.28. The van der Waals surface area contributed by atoms with Crippen LogP contribution in [0.25, 0.3) is 0 Å². The molecule has 0 aliphatic carbocycles. The van der Waals surface area contributed by atoms with Crippen LogP contribution >= 0.6 is 24.8 Å². The van der Waals surface area contributed by atoms with Crippen molar-refractivity contribution in [2.45, 2.75) is 31.5 Å². The summed E-state index contributed by atoms with van der Waals surface area (Å²) in [7, 11) is 3.78. The van der Waals surface area contributed by atoms with Gasteiger partial charge in [0.25, 0.3) is 0 Å². The van der Waals surface area contributed by atoms with Gasteiger partial charge in [0.15, 0.2) is 0 Å². The van der Waals surface area contributed by atoms with Crippen LogP contribution in [0.2, 0.25) is 0 Å². The first-order valence-electron chi connectivity index (χ1n) is 11.4. The van der Waals surface area contributed by atoms with Crippen molar-refractivity contribution < 1.29 is 14.6 Å². The lowest BCUT2D eigenvalue weighted by Crippen LogP contribution is -2.51. The van der Waals surface area contributed by atoms with Crippen LogP contribution in [-0.4, -0.2) is 55.5 Å². The summed E-state index contributed by atoms with van der Waals surface area (Å²) in [6.45, 7) is 5.79. The van der Waals surface area contributed by atoms with Gasteiger partial charge in [-0.15, -0.1) is 24.8 Å². The molecule has 0 bridgehead atoms. The van der Waals surface area contributed by atoms with Gasteiger partial charge in [0, 0.05) is 18.6 Å². The maximum Gasteiger partial charge on any atom is 0.119 e. The molecule has 0 fully saturated rings. The van der Waals surface area contributed by atoms with Gasteiger partial charge >= 0.3 is 0 Å². The molecule has 0 aliphatic heterocycles. The molecule has 0 aromatic heterocycles. The zero-order chi connectivity index (χ0) is 23.7. The van der Waals surface area contributed by atoms with E-state index < -0.39 is 6.10 Å². The van der Waals surface area contributed by atoms with Gasteiger partial charge in [0.1, 0.15) is 24.2 Å². The molecule has 0 saturated carbocycles. The molecular formula is C28H38Cl2N2O3. The molecule has 0 spiro atoms. The van der Waals surface area contributed by atoms with Crippen molar-refractivity contribution in [1.29, 1.82) is 0 Å². The van der Waals surface area contributed by atoms with Crippen LogP contribution < -0.4 is 14.8 Å². The Labute approximate surface area is 222 Å². The predicted molar refractivity (Wildman–Crippen MR) is 148 cm³/mol. The van der Waals surface area contributed by atoms with Crippen LogP contribution in [0.5, 0.6) is 11.5 Å². The zero-order valence-electron chi connectivity index (χ0n) is 20.9. The molecule has 3 aromatic rings. The molecule has 1 unspecified atom stereocenters. The van der Waals surface area contributed by atoms with Crippen LogP contribution in [0.15, 0.2) is 84.9 Å². The first-order valence-corrected chi connectivity index (χ1v) is 11.4. The van der Waals surface area contributed by atoms with E-state index in [1.807, 2.05) is 36.4 Å². The maximum absolute atomic E-state index is 10.4. The highest BCUT2D eigenvalue weighted by Gasteiger charge is 2.26. The van der Waals surface area contributed by atoms with Crippen molar-refractivity contribution in [3.63, 3.8) is 0 Å². The molecule has 5 nitrogen and oxygen atoms in total. The number of methoxy groups -OCH3 is 1. The second-order valence-electron chi connectivity index (χ2n) is 9.04. The monoisotopic (exact) mass is 520 g/mol. The second-order valence-corrected chi connectivity index (χ2v) is 9.04. The molecule has 0 heterocycles. The van der Waals surface area contributed by atoms with E-state index >= 15 is 0 Å². The minimum atomic E-state index is -0.615. The number of hydrogen-bond acceptors (Lipinski definition) is 5. The van der Waals surface area contributed by atoms with E-state index in [1.165, 1.54) is 11.1 Å². The predicted octanol–water partition coefficient (Wildman–Crippen LogP) is 5.37. The number of benzene rings is 3. The highest BCUT2D eigenvalue weighted by atomic mass is 35.5. The smallest absolute Gasteiger partial charge is 0.119 e. The summed E-state index contributed by atoms with van der Waals surface area (Å²) >= 11 is 0. The normalized spacial score (nSPS) is 12.0. The summed E-state index contributed by atoms with van der Waals surface area (Å²) in [4.78, 5) is 2.36. The molecule has 0 radical (unpaired) electrons. The van der Waals surface area contributed by atoms with Crippen LogP contribution in [-0.2, 0) is 0 Å². The molecule has 2 N–H and O–H groups in total. The van der Waals surface area contributed by atoms with Crippen molar-refractivity contribution in [3.05, 3.63) is 96.1 Å². The minimum Gasteiger partial charge on any atom is -0.497 e. The van der Waals surface area contributed by atoms with Gasteiger partial charge in [-0.3, -0.25) is 4.90 Å². The number of nitrogens with zero attached hydrogens (tertiary/aromatic N) is 1. The fourth-order valence-corrected chi connectivity index (χ4v) is 4.06. The molecule has 7 heteroatoms. The third-order valence-electron chi connectivity index (χ3n) is 5.63. The summed E-state index contributed by atoms with van der Waals surface area (Å²) in [5.74, 6) is 1.49. The number of nitrogens with one attached hydrogen (secondary N) is 1. The number of aliphatic hydroxyl groups is 1. The molecule has 3 rings (SSSR count). The highest BCUT2D eigenvalue weighted by molar-refractivity contribution is 5.85. The second kappa shape index (κ2) is 15.0. The summed E-state index contributed by atoms with van der Waals surface area (Å²) < 4.78 is 10.9. The molecule has 3 aromatic carbocycles. The fraction of sp³-hybridized carbons (Fsp3) is 0.357. The first-order chi connectivity index (χ1) is 15.9. The van der Waals surface area contributed by atoms with E-state index in [1.54, 1.807) is 7.11 Å². The van der Waals surface area contributed by atoms with E-state index in [2.05, 4.69) is 79.6 Å². The van der Waals surface area contributed by atoms with Crippen LogP contribution in [0.4, 0.5) is 0 Å². The van der Waals surface area contributed by atoms with E-state index in [-0.39, 0.29) is 43.0 Å². The largest absolute Gasteiger partial charge is 0.497 e. The number of halogens is 2. The van der Waals surface area contributed by atoms with Gasteiger partial charge in [-0.05, 0) is 56.3 Å². The van der Waals surface area contributed by atoms with Gasteiger partial charge in [-0.25, -0.2) is 0 Å². The SMILES string of the molecule is COc1ccc(OCC(O)CNC(C)(C)CN(C)C(c2ccccc2)c2ccccc2)cc1.Cl.Cl. The standard InChI is InChI=1S/C28H36N2O3.2ClH/c1-28(2,29-19-24(31)20-33-26-17-15-25(32-4)16-18-26)21-30(3)27(22-11-7-5-8-12-22)23-13-9-6-10-14-23;;/h5-18,24,27,29,31H,19-21H2,1-4H3;2*1H. The Morgan fingerprint density at radius 3 is 1.80 bits per heavy atom. The Morgan fingerprint density at radius 2 is 1.31 bits per heavy atom. The van der Waals surface area contributed by atoms with Crippen LogP contribution in [0.3, 0.4) is 0 Å². The van der Waals surface area contributed by atoms with Crippen LogP contribution in [0.1, 0.15) is 31.0 Å². The Morgan fingerprint density at radius 1 is 0.829 bits per heavy atom. The third-order valence-corrected chi connectivity index (χ3v) is 5.63. The number of rotatable bonds is 12. The lowest BCUT2D eigenvalue weighted by Gasteiger charge is -2.37. The van der Waals surface area contributed by atoms with Crippen molar-refractivity contribution in [3.8, 4) is 11.5 Å². The highest BCUT2D eigenvalue weighted by Crippen LogP contribution is 2.28. The molecular weight excluding hydrogens is 483 g/mol. The van der Waals surface area contributed by atoms with Gasteiger partial charge < -0.3 is 19.9 Å². The zero-order valence-corrected chi connectivity index (χ0v) is 22.5. The molecule has 0 amide bonds. The molecule has 0 saturated heterocycles. The summed E-state index contributed by atoms with van der Waals surface area (Å²) in [5, 5.41) is 14.0. The Balaban J connectivity index is 0.00000306. The number of aliphatic hydroxyl groups excluding tert-OH is 1. The van der Waals surface area contributed by atoms with Crippen molar-refractivity contribution in [2.75, 3.05) is 33.9 Å². The van der Waals surface area contributed by atoms with Crippen molar-refractivity contribution >= 4 is 24.8 Å². The number of hydrogen-bond donors (Lipinski definition) is 2. The van der Waals surface area contributed by atoms with Gasteiger partial charge in [-0.2, -0.15) is 0 Å². The average Bonchev–Trinajstić information content (AvgIpc) is 2.83. The Bertz CT molecular complexity index is 917. The molecule has 0 aliphatic rings. The molecule has 1 atom stereocenters. The van der Waals surface area contributed by atoms with E-state index in [0.717, 1.165) is 12.3 Å². The third kappa shape index (κ3) is 9.71. The van der Waals surface area contributed by atoms with Gasteiger partial charge in [-0.1, -0.05) is 60.7 Å².